The van der Waals surface area contributed by atoms with Crippen LogP contribution in [0.1, 0.15) is 16.7 Å². The Morgan fingerprint density at radius 3 is 2.56 bits per heavy atom. The molecule has 0 atom stereocenters. The molecule has 2 amide bonds. The number of urea groups is 1. The summed E-state index contributed by atoms with van der Waals surface area (Å²) in [5.74, 6) is 1.86. The third-order valence-electron chi connectivity index (χ3n) is 5.09. The second-order valence-electron chi connectivity index (χ2n) is 7.72. The number of benzene rings is 2. The number of amides is 2. The molecule has 0 saturated heterocycles. The minimum Gasteiger partial charge on any atom is -0.438 e. The molecule has 0 radical (unpaired) electrons. The van der Waals surface area contributed by atoms with E-state index in [9.17, 15) is 4.79 Å². The van der Waals surface area contributed by atoms with Crippen LogP contribution >= 0.6 is 0 Å². The Kier molecular flexibility index (Phi) is 6.63. The molecule has 4 aromatic rings. The Labute approximate surface area is 197 Å². The molecule has 172 valence electrons. The van der Waals surface area contributed by atoms with Gasteiger partial charge in [-0.05, 0) is 73.9 Å². The fourth-order valence-corrected chi connectivity index (χ4v) is 3.29. The standard InChI is InChI=1S/C25H25N7O2/c1-15-7-8-16(2)20(12-15)31-25(33)30-18-9-10-21(17(3)13-18)34-23-19(6-5-11-27-23)22-28-14-29-24(26-4)32-22/h5-14H,1-4H3,(H2,30,31,33)(H,26,28,29,32). The van der Waals surface area contributed by atoms with E-state index in [1.807, 2.05) is 51.1 Å². The van der Waals surface area contributed by atoms with Gasteiger partial charge in [0.15, 0.2) is 5.82 Å². The number of rotatable bonds is 6. The lowest BCUT2D eigenvalue weighted by atomic mass is 10.1. The summed E-state index contributed by atoms with van der Waals surface area (Å²) < 4.78 is 6.09. The Bertz CT molecular complexity index is 1340. The van der Waals surface area contributed by atoms with E-state index in [4.69, 9.17) is 4.74 Å². The molecule has 4 rings (SSSR count). The van der Waals surface area contributed by atoms with Crippen LogP contribution in [0.5, 0.6) is 11.6 Å². The van der Waals surface area contributed by atoms with Crippen molar-refractivity contribution >= 4 is 23.4 Å². The number of pyridine rings is 1. The van der Waals surface area contributed by atoms with Crippen LogP contribution in [0.25, 0.3) is 11.4 Å². The van der Waals surface area contributed by atoms with E-state index < -0.39 is 0 Å². The van der Waals surface area contributed by atoms with E-state index in [0.29, 0.717) is 34.7 Å². The molecule has 3 N–H and O–H groups in total. The van der Waals surface area contributed by atoms with Crippen LogP contribution in [-0.4, -0.2) is 33.0 Å². The maximum atomic E-state index is 12.5. The topological polar surface area (TPSA) is 114 Å². The number of hydrogen-bond acceptors (Lipinski definition) is 7. The number of nitrogens with zero attached hydrogens (tertiary/aromatic N) is 4. The highest BCUT2D eigenvalue weighted by Gasteiger charge is 2.14. The lowest BCUT2D eigenvalue weighted by molar-refractivity contribution is 0.262. The van der Waals surface area contributed by atoms with Gasteiger partial charge in [0.1, 0.15) is 12.1 Å². The van der Waals surface area contributed by atoms with Gasteiger partial charge in [-0.15, -0.1) is 0 Å². The Morgan fingerprint density at radius 1 is 0.912 bits per heavy atom. The van der Waals surface area contributed by atoms with Crippen molar-refractivity contribution in [2.75, 3.05) is 23.0 Å². The van der Waals surface area contributed by atoms with Gasteiger partial charge in [0.25, 0.3) is 0 Å². The van der Waals surface area contributed by atoms with E-state index in [1.165, 1.54) is 6.33 Å². The van der Waals surface area contributed by atoms with Crippen LogP contribution in [0.4, 0.5) is 22.1 Å². The molecule has 0 aliphatic rings. The average molecular weight is 456 g/mol. The summed E-state index contributed by atoms with van der Waals surface area (Å²) in [5, 5.41) is 8.65. The van der Waals surface area contributed by atoms with E-state index in [2.05, 4.69) is 35.9 Å². The quantitative estimate of drug-likeness (QED) is 0.360. The molecule has 0 aliphatic carbocycles. The van der Waals surface area contributed by atoms with E-state index in [1.54, 1.807) is 31.4 Å². The number of aromatic nitrogens is 4. The van der Waals surface area contributed by atoms with Gasteiger partial charge in [-0.2, -0.15) is 4.98 Å². The number of anilines is 3. The number of ether oxygens (including phenoxy) is 1. The number of carbonyl (C=O) groups excluding carboxylic acids is 1. The van der Waals surface area contributed by atoms with Crippen molar-refractivity contribution in [3.63, 3.8) is 0 Å². The lowest BCUT2D eigenvalue weighted by Crippen LogP contribution is -2.20. The van der Waals surface area contributed by atoms with Crippen molar-refractivity contribution < 1.29 is 9.53 Å². The van der Waals surface area contributed by atoms with Gasteiger partial charge < -0.3 is 20.7 Å². The predicted molar refractivity (Wildman–Crippen MR) is 132 cm³/mol. The zero-order valence-electron chi connectivity index (χ0n) is 19.4. The Balaban J connectivity index is 1.50. The summed E-state index contributed by atoms with van der Waals surface area (Å²) >= 11 is 0. The first-order valence-electron chi connectivity index (χ1n) is 10.7. The molecule has 2 aromatic carbocycles. The first kappa shape index (κ1) is 22.7. The van der Waals surface area contributed by atoms with Gasteiger partial charge in [0.05, 0.1) is 5.56 Å². The number of aryl methyl sites for hydroxylation is 3. The van der Waals surface area contributed by atoms with E-state index >= 15 is 0 Å². The Hall–Kier alpha value is -4.53. The Morgan fingerprint density at radius 2 is 1.76 bits per heavy atom. The molecule has 9 nitrogen and oxygen atoms in total. The summed E-state index contributed by atoms with van der Waals surface area (Å²) in [6.45, 7) is 5.83. The summed E-state index contributed by atoms with van der Waals surface area (Å²) in [7, 11) is 1.74. The molecule has 34 heavy (non-hydrogen) atoms. The van der Waals surface area contributed by atoms with Gasteiger partial charge in [-0.25, -0.2) is 19.7 Å². The summed E-state index contributed by atoms with van der Waals surface area (Å²) in [4.78, 5) is 29.5. The van der Waals surface area contributed by atoms with Crippen molar-refractivity contribution in [3.05, 3.63) is 77.7 Å². The monoisotopic (exact) mass is 455 g/mol. The molecular weight excluding hydrogens is 430 g/mol. The highest BCUT2D eigenvalue weighted by atomic mass is 16.5. The van der Waals surface area contributed by atoms with Gasteiger partial charge in [0, 0.05) is 24.6 Å². The molecule has 0 aliphatic heterocycles. The first-order chi connectivity index (χ1) is 16.4. The number of hydrogen-bond donors (Lipinski definition) is 3. The van der Waals surface area contributed by atoms with Crippen LogP contribution in [0.15, 0.2) is 61.1 Å². The normalized spacial score (nSPS) is 10.5. The van der Waals surface area contributed by atoms with Gasteiger partial charge in [-0.3, -0.25) is 0 Å². The van der Waals surface area contributed by atoms with E-state index in [-0.39, 0.29) is 6.03 Å². The molecule has 0 spiro atoms. The predicted octanol–water partition coefficient (Wildman–Crippen LogP) is 5.34. The number of nitrogens with one attached hydrogen (secondary N) is 3. The summed E-state index contributed by atoms with van der Waals surface area (Å²) in [6.07, 6.45) is 3.07. The highest BCUT2D eigenvalue weighted by Crippen LogP contribution is 2.32. The van der Waals surface area contributed by atoms with Crippen LogP contribution in [0, 0.1) is 20.8 Å². The van der Waals surface area contributed by atoms with Crippen molar-refractivity contribution in [1.82, 2.24) is 19.9 Å². The molecule has 0 fully saturated rings. The summed E-state index contributed by atoms with van der Waals surface area (Å²) in [6, 6.07) is 14.6. The molecule has 0 unspecified atom stereocenters. The minimum atomic E-state index is -0.316. The largest absolute Gasteiger partial charge is 0.438 e. The van der Waals surface area contributed by atoms with Gasteiger partial charge >= 0.3 is 6.03 Å². The van der Waals surface area contributed by atoms with Crippen LogP contribution in [0.2, 0.25) is 0 Å². The molecule has 2 heterocycles. The fraction of sp³-hybridized carbons (Fsp3) is 0.160. The number of carbonyl (C=O) groups is 1. The van der Waals surface area contributed by atoms with Gasteiger partial charge in [-0.1, -0.05) is 12.1 Å². The smallest absolute Gasteiger partial charge is 0.323 e. The van der Waals surface area contributed by atoms with Crippen LogP contribution in [0.3, 0.4) is 0 Å². The first-order valence-corrected chi connectivity index (χ1v) is 10.7. The van der Waals surface area contributed by atoms with Crippen molar-refractivity contribution in [2.45, 2.75) is 20.8 Å². The van der Waals surface area contributed by atoms with Gasteiger partial charge in [0.2, 0.25) is 11.8 Å². The molecular formula is C25H25N7O2. The molecule has 9 heteroatoms. The second-order valence-corrected chi connectivity index (χ2v) is 7.72. The third-order valence-corrected chi connectivity index (χ3v) is 5.09. The minimum absolute atomic E-state index is 0.316. The maximum absolute atomic E-state index is 12.5. The fourth-order valence-electron chi connectivity index (χ4n) is 3.29. The zero-order valence-corrected chi connectivity index (χ0v) is 19.4. The second kappa shape index (κ2) is 9.95. The third kappa shape index (κ3) is 5.26. The zero-order chi connectivity index (χ0) is 24.1. The lowest BCUT2D eigenvalue weighted by Gasteiger charge is -2.14. The SMILES string of the molecule is CNc1ncnc(-c2cccnc2Oc2ccc(NC(=O)Nc3cc(C)ccc3C)cc2C)n1. The van der Waals surface area contributed by atoms with E-state index in [0.717, 1.165) is 22.4 Å². The maximum Gasteiger partial charge on any atom is 0.323 e. The summed E-state index contributed by atoms with van der Waals surface area (Å²) in [5.41, 5.74) is 4.95. The van der Waals surface area contributed by atoms with Crippen LogP contribution in [-0.2, 0) is 0 Å². The molecule has 2 aromatic heterocycles. The van der Waals surface area contributed by atoms with Crippen molar-refractivity contribution in [3.8, 4) is 23.0 Å². The molecule has 0 saturated carbocycles. The average Bonchev–Trinajstić information content (AvgIpc) is 2.83. The van der Waals surface area contributed by atoms with Crippen molar-refractivity contribution in [1.29, 1.82) is 0 Å². The molecule has 0 bridgehead atoms. The van der Waals surface area contributed by atoms with Crippen LogP contribution < -0.4 is 20.7 Å². The van der Waals surface area contributed by atoms with Crippen molar-refractivity contribution in [2.24, 2.45) is 0 Å². The highest BCUT2D eigenvalue weighted by molar-refractivity contribution is 6.00.